The fourth-order valence-electron chi connectivity index (χ4n) is 3.03. The average molecular weight is 308 g/mol. The van der Waals surface area contributed by atoms with Gasteiger partial charge in [0.25, 0.3) is 0 Å². The molecule has 0 N–H and O–H groups in total. The van der Waals surface area contributed by atoms with Crippen molar-refractivity contribution in [3.63, 3.8) is 0 Å². The molecule has 2 heteroatoms. The van der Waals surface area contributed by atoms with E-state index in [-0.39, 0.29) is 0 Å². The molecule has 2 nitrogen and oxygen atoms in total. The molecule has 0 amide bonds. The van der Waals surface area contributed by atoms with Crippen molar-refractivity contribution in [2.45, 2.75) is 110 Å². The number of aromatic nitrogens is 2. The number of hydrogen-bond acceptors (Lipinski definition) is 0. The van der Waals surface area contributed by atoms with Crippen LogP contribution < -0.4 is 4.57 Å². The van der Waals surface area contributed by atoms with E-state index in [1.54, 1.807) is 0 Å². The van der Waals surface area contributed by atoms with Crippen LogP contribution in [0.1, 0.15) is 97.3 Å². The molecule has 0 aliphatic heterocycles. The Morgan fingerprint density at radius 3 is 1.86 bits per heavy atom. The summed E-state index contributed by atoms with van der Waals surface area (Å²) in [6.45, 7) is 6.93. The fraction of sp³-hybridized carbons (Fsp3) is 0.850. The minimum atomic E-state index is 1.18. The highest BCUT2D eigenvalue weighted by Gasteiger charge is 2.03. The van der Waals surface area contributed by atoms with Crippen molar-refractivity contribution in [2.75, 3.05) is 0 Å². The molecule has 0 saturated carbocycles. The van der Waals surface area contributed by atoms with Crippen LogP contribution in [0.5, 0.6) is 0 Å². The van der Waals surface area contributed by atoms with E-state index >= 15 is 0 Å². The molecule has 0 fully saturated rings. The van der Waals surface area contributed by atoms with Crippen molar-refractivity contribution < 1.29 is 4.57 Å². The van der Waals surface area contributed by atoms with Gasteiger partial charge in [-0.15, -0.1) is 0 Å². The predicted octanol–water partition coefficient (Wildman–Crippen LogP) is 5.89. The van der Waals surface area contributed by atoms with Crippen LogP contribution in [0.4, 0.5) is 0 Å². The molecule has 1 aromatic heterocycles. The van der Waals surface area contributed by atoms with Gasteiger partial charge in [-0.25, -0.2) is 9.13 Å². The standard InChI is InChI=1S/C20H39N2/c1-3-5-7-8-9-10-11-12-13-15-17-22-19-18-21(20-22)16-14-6-4-2/h18-20H,3-17H2,1-2H3/q+1. The molecule has 128 valence electrons. The molecule has 22 heavy (non-hydrogen) atoms. The van der Waals surface area contributed by atoms with Gasteiger partial charge in [0.1, 0.15) is 12.4 Å². The molecule has 1 aromatic rings. The number of imidazole rings is 1. The Morgan fingerprint density at radius 2 is 1.23 bits per heavy atom. The van der Waals surface area contributed by atoms with E-state index < -0.39 is 0 Å². The van der Waals surface area contributed by atoms with Crippen molar-refractivity contribution in [2.24, 2.45) is 0 Å². The number of aryl methyl sites for hydroxylation is 2. The van der Waals surface area contributed by atoms with Gasteiger partial charge in [-0.1, -0.05) is 71.6 Å². The Bertz CT molecular complexity index is 343. The molecule has 1 rings (SSSR count). The Morgan fingerprint density at radius 1 is 0.682 bits per heavy atom. The molecule has 0 unspecified atom stereocenters. The SMILES string of the molecule is CCCCCCCCCCCCn1cc[n+](CCCCC)c1. The van der Waals surface area contributed by atoms with Gasteiger partial charge in [-0.3, -0.25) is 0 Å². The summed E-state index contributed by atoms with van der Waals surface area (Å²) >= 11 is 0. The Balaban J connectivity index is 1.92. The summed E-state index contributed by atoms with van der Waals surface area (Å²) in [6, 6.07) is 0. The maximum atomic E-state index is 2.36. The molecule has 0 saturated heterocycles. The predicted molar refractivity (Wildman–Crippen MR) is 96.0 cm³/mol. The summed E-state index contributed by atoms with van der Waals surface area (Å²) in [6.07, 6.45) is 24.9. The summed E-state index contributed by atoms with van der Waals surface area (Å²) in [4.78, 5) is 0. The lowest BCUT2D eigenvalue weighted by atomic mass is 10.1. The van der Waals surface area contributed by atoms with Gasteiger partial charge in [-0.2, -0.15) is 0 Å². The van der Waals surface area contributed by atoms with Crippen molar-refractivity contribution in [1.29, 1.82) is 0 Å². The van der Waals surface area contributed by atoms with Crippen LogP contribution >= 0.6 is 0 Å². The third-order valence-electron chi connectivity index (χ3n) is 4.54. The highest BCUT2D eigenvalue weighted by Crippen LogP contribution is 2.10. The second-order valence-corrected chi connectivity index (χ2v) is 6.78. The lowest BCUT2D eigenvalue weighted by Crippen LogP contribution is -2.30. The van der Waals surface area contributed by atoms with E-state index in [0.717, 1.165) is 0 Å². The van der Waals surface area contributed by atoms with Gasteiger partial charge in [0, 0.05) is 0 Å². The van der Waals surface area contributed by atoms with Gasteiger partial charge in [-0.05, 0) is 25.7 Å². The highest BCUT2D eigenvalue weighted by atomic mass is 15.1. The first-order valence-electron chi connectivity index (χ1n) is 9.91. The molecule has 0 radical (unpaired) electrons. The summed E-state index contributed by atoms with van der Waals surface area (Å²) in [5.41, 5.74) is 0. The lowest BCUT2D eigenvalue weighted by Gasteiger charge is -2.01. The van der Waals surface area contributed by atoms with Crippen molar-refractivity contribution in [1.82, 2.24) is 4.57 Å². The van der Waals surface area contributed by atoms with Crippen molar-refractivity contribution in [3.8, 4) is 0 Å². The summed E-state index contributed by atoms with van der Waals surface area (Å²) in [5, 5.41) is 0. The molecule has 0 spiro atoms. The first kappa shape index (κ1) is 19.3. The Hall–Kier alpha value is -0.790. The van der Waals surface area contributed by atoms with Crippen LogP contribution in [0.3, 0.4) is 0 Å². The van der Waals surface area contributed by atoms with E-state index in [2.05, 4.69) is 41.7 Å². The maximum absolute atomic E-state index is 2.36. The topological polar surface area (TPSA) is 8.81 Å². The fourth-order valence-corrected chi connectivity index (χ4v) is 3.03. The van der Waals surface area contributed by atoms with Gasteiger partial charge in [0.15, 0.2) is 0 Å². The zero-order valence-electron chi connectivity index (χ0n) is 15.2. The van der Waals surface area contributed by atoms with Crippen LogP contribution in [0.15, 0.2) is 18.7 Å². The van der Waals surface area contributed by atoms with Crippen LogP contribution in [-0.2, 0) is 13.1 Å². The van der Waals surface area contributed by atoms with Crippen molar-refractivity contribution >= 4 is 0 Å². The molecule has 1 heterocycles. The number of hydrogen-bond donors (Lipinski definition) is 0. The van der Waals surface area contributed by atoms with E-state index in [0.29, 0.717) is 0 Å². The zero-order valence-corrected chi connectivity index (χ0v) is 15.2. The quantitative estimate of drug-likeness (QED) is 0.282. The van der Waals surface area contributed by atoms with Crippen LogP contribution in [0.2, 0.25) is 0 Å². The Kier molecular flexibility index (Phi) is 12.1. The van der Waals surface area contributed by atoms with Crippen LogP contribution in [0, 0.1) is 0 Å². The molecule has 0 atom stereocenters. The van der Waals surface area contributed by atoms with Crippen molar-refractivity contribution in [3.05, 3.63) is 18.7 Å². The molecular weight excluding hydrogens is 268 g/mol. The first-order chi connectivity index (χ1) is 10.9. The second kappa shape index (κ2) is 13.8. The maximum Gasteiger partial charge on any atom is 0.243 e. The van der Waals surface area contributed by atoms with Gasteiger partial charge >= 0.3 is 0 Å². The number of unbranched alkanes of at least 4 members (excludes halogenated alkanes) is 11. The lowest BCUT2D eigenvalue weighted by molar-refractivity contribution is -0.696. The minimum Gasteiger partial charge on any atom is -0.237 e. The van der Waals surface area contributed by atoms with Crippen LogP contribution in [0.25, 0.3) is 0 Å². The summed E-state index contributed by atoms with van der Waals surface area (Å²) in [7, 11) is 0. The molecule has 0 aliphatic rings. The van der Waals surface area contributed by atoms with Crippen LogP contribution in [-0.4, -0.2) is 4.57 Å². The van der Waals surface area contributed by atoms with E-state index in [9.17, 15) is 0 Å². The third-order valence-corrected chi connectivity index (χ3v) is 4.54. The summed E-state index contributed by atoms with van der Waals surface area (Å²) < 4.78 is 4.70. The van der Waals surface area contributed by atoms with E-state index in [1.807, 2.05) is 0 Å². The largest absolute Gasteiger partial charge is 0.243 e. The zero-order chi connectivity index (χ0) is 15.9. The molecule has 0 aromatic carbocycles. The monoisotopic (exact) mass is 307 g/mol. The Labute approximate surface area is 138 Å². The smallest absolute Gasteiger partial charge is 0.237 e. The minimum absolute atomic E-state index is 1.18. The van der Waals surface area contributed by atoms with Gasteiger partial charge < -0.3 is 0 Å². The van der Waals surface area contributed by atoms with E-state index in [1.165, 1.54) is 96.6 Å². The number of rotatable bonds is 15. The third kappa shape index (κ3) is 10.0. The molecular formula is C20H39N2+. The average Bonchev–Trinajstić information content (AvgIpc) is 2.97. The van der Waals surface area contributed by atoms with Gasteiger partial charge in [0.05, 0.1) is 13.1 Å². The normalized spacial score (nSPS) is 11.2. The molecule has 0 aliphatic carbocycles. The highest BCUT2D eigenvalue weighted by molar-refractivity contribution is 4.66. The molecule has 0 bridgehead atoms. The second-order valence-electron chi connectivity index (χ2n) is 6.78. The first-order valence-corrected chi connectivity index (χ1v) is 9.91. The number of nitrogens with zero attached hydrogens (tertiary/aromatic N) is 2. The van der Waals surface area contributed by atoms with E-state index in [4.69, 9.17) is 0 Å². The van der Waals surface area contributed by atoms with Gasteiger partial charge in [0.2, 0.25) is 6.33 Å². The summed E-state index contributed by atoms with van der Waals surface area (Å²) in [5.74, 6) is 0.